The van der Waals surface area contributed by atoms with Gasteiger partial charge < -0.3 is 5.11 Å². The van der Waals surface area contributed by atoms with Crippen LogP contribution in [-0.2, 0) is 0 Å². The van der Waals surface area contributed by atoms with Crippen LogP contribution < -0.4 is 0 Å². The Morgan fingerprint density at radius 1 is 1.47 bits per heavy atom. The van der Waals surface area contributed by atoms with E-state index in [1.807, 2.05) is 13.0 Å². The fourth-order valence-corrected chi connectivity index (χ4v) is 1.52. The molecule has 92 valence electrons. The second-order valence-electron chi connectivity index (χ2n) is 3.67. The van der Waals surface area contributed by atoms with Crippen LogP contribution in [0, 0.1) is 23.0 Å². The van der Waals surface area contributed by atoms with Crippen molar-refractivity contribution in [2.24, 2.45) is 0 Å². The summed E-state index contributed by atoms with van der Waals surface area (Å²) in [7, 11) is 0. The predicted octanol–water partition coefficient (Wildman–Crippen LogP) is 1.84. The van der Waals surface area contributed by atoms with Gasteiger partial charge in [-0.2, -0.15) is 5.26 Å². The minimum Gasteiger partial charge on any atom is -0.387 e. The number of aliphatic hydroxyl groups is 1. The van der Waals surface area contributed by atoms with Crippen molar-refractivity contribution in [2.75, 3.05) is 19.6 Å². The summed E-state index contributed by atoms with van der Waals surface area (Å²) in [5.41, 5.74) is 0.0442. The molecule has 1 aromatic rings. The van der Waals surface area contributed by atoms with Crippen LogP contribution in [0.3, 0.4) is 0 Å². The lowest BCUT2D eigenvalue weighted by atomic mass is 10.1. The van der Waals surface area contributed by atoms with Gasteiger partial charge >= 0.3 is 0 Å². The lowest BCUT2D eigenvalue weighted by molar-refractivity contribution is 0.119. The van der Waals surface area contributed by atoms with Crippen LogP contribution in [0.1, 0.15) is 18.6 Å². The van der Waals surface area contributed by atoms with Crippen molar-refractivity contribution in [3.05, 3.63) is 35.4 Å². The highest BCUT2D eigenvalue weighted by Gasteiger charge is 2.16. The molecule has 0 saturated carbocycles. The van der Waals surface area contributed by atoms with Crippen molar-refractivity contribution in [1.29, 1.82) is 5.26 Å². The first kappa shape index (κ1) is 13.6. The SMILES string of the molecule is CCN(CC#N)CC(O)c1ccc(F)cc1F. The maximum Gasteiger partial charge on any atom is 0.131 e. The Kier molecular flexibility index (Phi) is 5.01. The van der Waals surface area contributed by atoms with Gasteiger partial charge in [-0.25, -0.2) is 8.78 Å². The van der Waals surface area contributed by atoms with Crippen LogP contribution in [0.15, 0.2) is 18.2 Å². The van der Waals surface area contributed by atoms with Gasteiger partial charge in [0.2, 0.25) is 0 Å². The molecule has 0 fully saturated rings. The molecule has 1 atom stereocenters. The van der Waals surface area contributed by atoms with Crippen molar-refractivity contribution in [1.82, 2.24) is 4.90 Å². The van der Waals surface area contributed by atoms with Crippen molar-refractivity contribution in [3.8, 4) is 6.07 Å². The van der Waals surface area contributed by atoms with E-state index < -0.39 is 17.7 Å². The molecule has 0 radical (unpaired) electrons. The number of hydrogen-bond acceptors (Lipinski definition) is 3. The number of halogens is 2. The first-order chi connectivity index (χ1) is 8.08. The molecule has 0 aliphatic heterocycles. The van der Waals surface area contributed by atoms with Gasteiger partial charge in [-0.3, -0.25) is 4.90 Å². The molecule has 5 heteroatoms. The van der Waals surface area contributed by atoms with Crippen molar-refractivity contribution >= 4 is 0 Å². The molecule has 0 bridgehead atoms. The molecule has 0 saturated heterocycles. The number of rotatable bonds is 5. The van der Waals surface area contributed by atoms with Gasteiger partial charge in [0.15, 0.2) is 0 Å². The topological polar surface area (TPSA) is 47.3 Å². The van der Waals surface area contributed by atoms with Crippen LogP contribution in [0.25, 0.3) is 0 Å². The maximum atomic E-state index is 13.4. The molecule has 0 heterocycles. The zero-order valence-corrected chi connectivity index (χ0v) is 9.53. The third-order valence-electron chi connectivity index (χ3n) is 2.49. The minimum atomic E-state index is -1.07. The van der Waals surface area contributed by atoms with E-state index in [4.69, 9.17) is 5.26 Å². The van der Waals surface area contributed by atoms with E-state index in [1.165, 1.54) is 6.07 Å². The number of nitriles is 1. The summed E-state index contributed by atoms with van der Waals surface area (Å²) in [4.78, 5) is 1.67. The summed E-state index contributed by atoms with van der Waals surface area (Å²) in [6.07, 6.45) is -1.07. The number of hydrogen-bond donors (Lipinski definition) is 1. The van der Waals surface area contributed by atoms with Gasteiger partial charge in [0.25, 0.3) is 0 Å². The Labute approximate surface area is 98.9 Å². The van der Waals surface area contributed by atoms with Gasteiger partial charge in [0, 0.05) is 18.2 Å². The monoisotopic (exact) mass is 240 g/mol. The summed E-state index contributed by atoms with van der Waals surface area (Å²) >= 11 is 0. The van der Waals surface area contributed by atoms with E-state index in [0.29, 0.717) is 6.54 Å². The molecule has 0 aromatic heterocycles. The first-order valence-electron chi connectivity index (χ1n) is 5.30. The second kappa shape index (κ2) is 6.28. The highest BCUT2D eigenvalue weighted by atomic mass is 19.1. The normalized spacial score (nSPS) is 12.5. The van der Waals surface area contributed by atoms with Crippen LogP contribution in [0.5, 0.6) is 0 Å². The Hall–Kier alpha value is -1.51. The highest BCUT2D eigenvalue weighted by molar-refractivity contribution is 5.21. The Morgan fingerprint density at radius 3 is 2.71 bits per heavy atom. The summed E-state index contributed by atoms with van der Waals surface area (Å²) in [5, 5.41) is 18.4. The minimum absolute atomic E-state index is 0.0442. The third kappa shape index (κ3) is 3.77. The Balaban J connectivity index is 2.75. The zero-order chi connectivity index (χ0) is 12.8. The fraction of sp³-hybridized carbons (Fsp3) is 0.417. The van der Waals surface area contributed by atoms with E-state index in [9.17, 15) is 13.9 Å². The molecule has 3 nitrogen and oxygen atoms in total. The van der Waals surface area contributed by atoms with E-state index in [-0.39, 0.29) is 18.7 Å². The fourth-order valence-electron chi connectivity index (χ4n) is 1.52. The van der Waals surface area contributed by atoms with Crippen LogP contribution in [0.2, 0.25) is 0 Å². The van der Waals surface area contributed by atoms with Gasteiger partial charge in [-0.15, -0.1) is 0 Å². The number of nitrogens with zero attached hydrogens (tertiary/aromatic N) is 2. The summed E-state index contributed by atoms with van der Waals surface area (Å²) in [6.45, 7) is 2.72. The van der Waals surface area contributed by atoms with Crippen LogP contribution in [-0.4, -0.2) is 29.6 Å². The third-order valence-corrected chi connectivity index (χ3v) is 2.49. The molecule has 0 amide bonds. The van der Waals surface area contributed by atoms with Gasteiger partial charge in [-0.1, -0.05) is 13.0 Å². The van der Waals surface area contributed by atoms with E-state index in [2.05, 4.69) is 0 Å². The molecule has 0 spiro atoms. The molecule has 17 heavy (non-hydrogen) atoms. The van der Waals surface area contributed by atoms with Gasteiger partial charge in [0.1, 0.15) is 11.6 Å². The average Bonchev–Trinajstić information content (AvgIpc) is 2.28. The molecular formula is C12H14F2N2O. The standard InChI is InChI=1S/C12H14F2N2O/c1-2-16(6-5-15)8-12(17)10-4-3-9(13)7-11(10)14/h3-4,7,12,17H,2,6,8H2,1H3. The van der Waals surface area contributed by atoms with E-state index in [1.54, 1.807) is 4.90 Å². The van der Waals surface area contributed by atoms with Gasteiger partial charge in [-0.05, 0) is 12.6 Å². The summed E-state index contributed by atoms with van der Waals surface area (Å²) in [6, 6.07) is 5.01. The molecule has 1 rings (SSSR count). The molecule has 0 aliphatic rings. The van der Waals surface area contributed by atoms with Crippen LogP contribution in [0.4, 0.5) is 8.78 Å². The number of aliphatic hydroxyl groups excluding tert-OH is 1. The first-order valence-corrected chi connectivity index (χ1v) is 5.30. The highest BCUT2D eigenvalue weighted by Crippen LogP contribution is 2.18. The smallest absolute Gasteiger partial charge is 0.131 e. The van der Waals surface area contributed by atoms with Gasteiger partial charge in [0.05, 0.1) is 18.7 Å². The lowest BCUT2D eigenvalue weighted by Crippen LogP contribution is -2.29. The Morgan fingerprint density at radius 2 is 2.18 bits per heavy atom. The number of benzene rings is 1. The molecule has 0 aliphatic carbocycles. The molecular weight excluding hydrogens is 226 g/mol. The van der Waals surface area contributed by atoms with Crippen molar-refractivity contribution < 1.29 is 13.9 Å². The molecule has 1 aromatic carbocycles. The lowest BCUT2D eigenvalue weighted by Gasteiger charge is -2.21. The van der Waals surface area contributed by atoms with Crippen molar-refractivity contribution in [3.63, 3.8) is 0 Å². The predicted molar refractivity (Wildman–Crippen MR) is 59.0 cm³/mol. The van der Waals surface area contributed by atoms with E-state index in [0.717, 1.165) is 12.1 Å². The molecule has 1 N–H and O–H groups in total. The van der Waals surface area contributed by atoms with Crippen LogP contribution >= 0.6 is 0 Å². The summed E-state index contributed by atoms with van der Waals surface area (Å²) in [5.74, 6) is -1.45. The zero-order valence-electron chi connectivity index (χ0n) is 9.53. The maximum absolute atomic E-state index is 13.4. The quantitative estimate of drug-likeness (QED) is 0.799. The van der Waals surface area contributed by atoms with E-state index >= 15 is 0 Å². The second-order valence-corrected chi connectivity index (χ2v) is 3.67. The van der Waals surface area contributed by atoms with Crippen molar-refractivity contribution in [2.45, 2.75) is 13.0 Å². The Bertz CT molecular complexity index is 417. The summed E-state index contributed by atoms with van der Waals surface area (Å²) < 4.78 is 26.0. The average molecular weight is 240 g/mol. The largest absolute Gasteiger partial charge is 0.387 e. The number of likely N-dealkylation sites (N-methyl/N-ethyl adjacent to an activating group) is 1. The molecule has 1 unspecified atom stereocenters.